The van der Waals surface area contributed by atoms with Gasteiger partial charge in [-0.2, -0.15) is 0 Å². The molecule has 2 aromatic heterocycles. The Morgan fingerprint density at radius 3 is 2.86 bits per heavy atom. The number of hydrogen-bond donors (Lipinski definition) is 1. The van der Waals surface area contributed by atoms with Crippen LogP contribution >= 0.6 is 11.6 Å². The summed E-state index contributed by atoms with van der Waals surface area (Å²) in [6.45, 7) is 0. The largest absolute Gasteiger partial charge is 0.334 e. The molecule has 1 fully saturated rings. The topological polar surface area (TPSA) is 90.1 Å². The number of nitro groups is 1. The second-order valence-corrected chi connectivity index (χ2v) is 5.19. The summed E-state index contributed by atoms with van der Waals surface area (Å²) in [7, 11) is 0. The van der Waals surface area contributed by atoms with Gasteiger partial charge in [-0.15, -0.1) is 0 Å². The molecule has 1 aliphatic rings. The third-order valence-electron chi connectivity index (χ3n) is 3.20. The summed E-state index contributed by atoms with van der Waals surface area (Å²) in [5.74, 6) is -0.405. The van der Waals surface area contributed by atoms with Crippen LogP contribution in [0.4, 0.5) is 11.4 Å². The van der Waals surface area contributed by atoms with Crippen LogP contribution in [0.5, 0.6) is 0 Å². The van der Waals surface area contributed by atoms with Crippen molar-refractivity contribution in [1.82, 2.24) is 9.55 Å². The number of rotatable bonds is 4. The Labute approximate surface area is 124 Å². The van der Waals surface area contributed by atoms with Crippen molar-refractivity contribution in [3.05, 3.63) is 51.6 Å². The molecule has 1 aliphatic carbocycles. The molecule has 2 aromatic rings. The zero-order valence-corrected chi connectivity index (χ0v) is 11.6. The number of carbonyl (C=O) groups excluding carboxylic acids is 1. The SMILES string of the molecule is O=C(Nc1ccnc(Cl)c1)c1cc([N+](=O)[O-])cn1C1CC1. The number of nitrogens with zero attached hydrogens (tertiary/aromatic N) is 3. The summed E-state index contributed by atoms with van der Waals surface area (Å²) >= 11 is 5.75. The van der Waals surface area contributed by atoms with Gasteiger partial charge in [0.05, 0.1) is 11.1 Å². The fourth-order valence-corrected chi connectivity index (χ4v) is 2.25. The molecular formula is C13H11ClN4O3. The van der Waals surface area contributed by atoms with Crippen LogP contribution in [0.2, 0.25) is 5.15 Å². The molecule has 0 aromatic carbocycles. The lowest BCUT2D eigenvalue weighted by molar-refractivity contribution is -0.384. The second kappa shape index (κ2) is 5.17. The highest BCUT2D eigenvalue weighted by molar-refractivity contribution is 6.29. The maximum absolute atomic E-state index is 12.3. The van der Waals surface area contributed by atoms with Crippen LogP contribution in [0.25, 0.3) is 0 Å². The Morgan fingerprint density at radius 1 is 1.48 bits per heavy atom. The fourth-order valence-electron chi connectivity index (χ4n) is 2.08. The van der Waals surface area contributed by atoms with Crippen LogP contribution < -0.4 is 5.32 Å². The van der Waals surface area contributed by atoms with Gasteiger partial charge in [0.1, 0.15) is 10.8 Å². The first kappa shape index (κ1) is 13.6. The maximum Gasteiger partial charge on any atom is 0.287 e. The predicted molar refractivity (Wildman–Crippen MR) is 76.6 cm³/mol. The molecule has 0 spiro atoms. The highest BCUT2D eigenvalue weighted by Crippen LogP contribution is 2.38. The minimum atomic E-state index is -0.501. The number of aromatic nitrogens is 2. The summed E-state index contributed by atoms with van der Waals surface area (Å²) in [5.41, 5.74) is 0.683. The fraction of sp³-hybridized carbons (Fsp3) is 0.231. The number of amides is 1. The summed E-state index contributed by atoms with van der Waals surface area (Å²) in [5, 5.41) is 13.8. The maximum atomic E-state index is 12.3. The Morgan fingerprint density at radius 2 is 2.24 bits per heavy atom. The summed E-state index contributed by atoms with van der Waals surface area (Å²) < 4.78 is 1.66. The van der Waals surface area contributed by atoms with Crippen molar-refractivity contribution in [2.75, 3.05) is 5.32 Å². The monoisotopic (exact) mass is 306 g/mol. The van der Waals surface area contributed by atoms with E-state index in [4.69, 9.17) is 11.6 Å². The number of carbonyl (C=O) groups is 1. The van der Waals surface area contributed by atoms with Gasteiger partial charge in [-0.05, 0) is 25.0 Å². The second-order valence-electron chi connectivity index (χ2n) is 4.80. The minimum absolute atomic E-state index is 0.0835. The summed E-state index contributed by atoms with van der Waals surface area (Å²) in [6.07, 6.45) is 4.73. The smallest absolute Gasteiger partial charge is 0.287 e. The van der Waals surface area contributed by atoms with E-state index in [1.165, 1.54) is 24.5 Å². The molecule has 1 amide bonds. The van der Waals surface area contributed by atoms with Crippen molar-refractivity contribution in [2.24, 2.45) is 0 Å². The lowest BCUT2D eigenvalue weighted by Gasteiger charge is -2.08. The highest BCUT2D eigenvalue weighted by Gasteiger charge is 2.30. The molecule has 0 radical (unpaired) electrons. The first-order valence-corrected chi connectivity index (χ1v) is 6.71. The van der Waals surface area contributed by atoms with E-state index in [0.29, 0.717) is 5.69 Å². The molecule has 108 valence electrons. The number of pyridine rings is 1. The zero-order valence-electron chi connectivity index (χ0n) is 10.8. The number of nitrogens with one attached hydrogen (secondary N) is 1. The molecule has 0 bridgehead atoms. The quantitative estimate of drug-likeness (QED) is 0.534. The van der Waals surface area contributed by atoms with Gasteiger partial charge in [0.15, 0.2) is 0 Å². The van der Waals surface area contributed by atoms with E-state index in [1.54, 1.807) is 10.6 Å². The van der Waals surface area contributed by atoms with Gasteiger partial charge in [0.2, 0.25) is 0 Å². The van der Waals surface area contributed by atoms with Crippen LogP contribution in [0.1, 0.15) is 29.4 Å². The Balaban J connectivity index is 1.88. The molecule has 1 saturated carbocycles. The Kier molecular flexibility index (Phi) is 3.34. The van der Waals surface area contributed by atoms with Gasteiger partial charge in [-0.25, -0.2) is 4.98 Å². The third-order valence-corrected chi connectivity index (χ3v) is 3.41. The van der Waals surface area contributed by atoms with Crippen molar-refractivity contribution < 1.29 is 9.72 Å². The third kappa shape index (κ3) is 2.87. The average molecular weight is 307 g/mol. The van der Waals surface area contributed by atoms with Crippen LogP contribution in [-0.4, -0.2) is 20.4 Å². The van der Waals surface area contributed by atoms with Gasteiger partial charge in [-0.3, -0.25) is 14.9 Å². The van der Waals surface area contributed by atoms with Gasteiger partial charge in [-0.1, -0.05) is 11.6 Å². The molecule has 8 heteroatoms. The summed E-state index contributed by atoms with van der Waals surface area (Å²) in [6, 6.07) is 4.57. The first-order chi connectivity index (χ1) is 10.0. The van der Waals surface area contributed by atoms with E-state index >= 15 is 0 Å². The van der Waals surface area contributed by atoms with Crippen LogP contribution in [0.15, 0.2) is 30.6 Å². The van der Waals surface area contributed by atoms with Crippen molar-refractivity contribution in [3.8, 4) is 0 Å². The van der Waals surface area contributed by atoms with Crippen LogP contribution in [0.3, 0.4) is 0 Å². The van der Waals surface area contributed by atoms with E-state index in [1.807, 2.05) is 0 Å². The van der Waals surface area contributed by atoms with E-state index in [-0.39, 0.29) is 22.6 Å². The van der Waals surface area contributed by atoms with Gasteiger partial charge < -0.3 is 9.88 Å². The van der Waals surface area contributed by atoms with Crippen molar-refractivity contribution in [1.29, 1.82) is 0 Å². The van der Waals surface area contributed by atoms with E-state index in [2.05, 4.69) is 10.3 Å². The molecule has 3 rings (SSSR count). The van der Waals surface area contributed by atoms with E-state index < -0.39 is 10.8 Å². The van der Waals surface area contributed by atoms with Crippen molar-refractivity contribution in [2.45, 2.75) is 18.9 Å². The van der Waals surface area contributed by atoms with Crippen molar-refractivity contribution >= 4 is 28.9 Å². The van der Waals surface area contributed by atoms with Crippen LogP contribution in [0, 0.1) is 10.1 Å². The number of anilines is 1. The standard InChI is InChI=1S/C13H11ClN4O3/c14-12-5-8(3-4-15-12)16-13(19)11-6-10(18(20)21)7-17(11)9-1-2-9/h3-7,9H,1-2H2,(H,15,16,19). The Bertz CT molecular complexity index is 724. The molecule has 2 heterocycles. The molecule has 21 heavy (non-hydrogen) atoms. The molecule has 0 unspecified atom stereocenters. The molecule has 7 nitrogen and oxygen atoms in total. The number of halogens is 1. The Hall–Kier alpha value is -2.41. The molecule has 0 aliphatic heterocycles. The molecule has 0 atom stereocenters. The van der Waals surface area contributed by atoms with Gasteiger partial charge >= 0.3 is 0 Å². The first-order valence-electron chi connectivity index (χ1n) is 6.34. The molecule has 0 saturated heterocycles. The summed E-state index contributed by atoms with van der Waals surface area (Å²) in [4.78, 5) is 26.5. The van der Waals surface area contributed by atoms with Gasteiger partial charge in [0, 0.05) is 24.0 Å². The lowest BCUT2D eigenvalue weighted by atomic mass is 10.3. The lowest BCUT2D eigenvalue weighted by Crippen LogP contribution is -2.16. The van der Waals surface area contributed by atoms with E-state index in [9.17, 15) is 14.9 Å². The predicted octanol–water partition coefficient (Wildman–Crippen LogP) is 3.03. The van der Waals surface area contributed by atoms with Crippen LogP contribution in [-0.2, 0) is 0 Å². The average Bonchev–Trinajstić information content (AvgIpc) is 3.17. The zero-order chi connectivity index (χ0) is 15.0. The highest BCUT2D eigenvalue weighted by atomic mass is 35.5. The normalized spacial score (nSPS) is 14.0. The molecule has 1 N–H and O–H groups in total. The van der Waals surface area contributed by atoms with Gasteiger partial charge in [0.25, 0.3) is 11.6 Å². The molecular weight excluding hydrogens is 296 g/mol. The van der Waals surface area contributed by atoms with Crippen molar-refractivity contribution in [3.63, 3.8) is 0 Å². The number of hydrogen-bond acceptors (Lipinski definition) is 4. The minimum Gasteiger partial charge on any atom is -0.334 e. The van der Waals surface area contributed by atoms with E-state index in [0.717, 1.165) is 12.8 Å².